The van der Waals surface area contributed by atoms with E-state index in [0.29, 0.717) is 37.3 Å². The van der Waals surface area contributed by atoms with Crippen LogP contribution >= 0.6 is 12.2 Å². The Bertz CT molecular complexity index is 914. The fourth-order valence-electron chi connectivity index (χ4n) is 2.79. The van der Waals surface area contributed by atoms with Gasteiger partial charge in [0.2, 0.25) is 5.89 Å². The van der Waals surface area contributed by atoms with E-state index in [0.717, 1.165) is 22.6 Å². The first-order valence-corrected chi connectivity index (χ1v) is 9.07. The molecule has 0 aliphatic carbocycles. The van der Waals surface area contributed by atoms with Crippen molar-refractivity contribution in [3.05, 3.63) is 72.1 Å². The van der Waals surface area contributed by atoms with E-state index in [4.69, 9.17) is 26.2 Å². The largest absolute Gasteiger partial charge is 0.493 e. The van der Waals surface area contributed by atoms with Crippen molar-refractivity contribution in [3.63, 3.8) is 0 Å². The molecule has 0 radical (unpaired) electrons. The van der Waals surface area contributed by atoms with Crippen LogP contribution in [-0.2, 0) is 17.8 Å². The van der Waals surface area contributed by atoms with Gasteiger partial charge in [-0.25, -0.2) is 10.5 Å². The van der Waals surface area contributed by atoms with Gasteiger partial charge >= 0.3 is 0 Å². The van der Waals surface area contributed by atoms with Gasteiger partial charge in [0.05, 0.1) is 18.8 Å². The molecule has 1 aromatic heterocycles. The Morgan fingerprint density at radius 3 is 2.74 bits per heavy atom. The van der Waals surface area contributed by atoms with Crippen molar-refractivity contribution in [2.75, 3.05) is 13.3 Å². The molecular formula is C20H19N3O3S. The lowest BCUT2D eigenvalue weighted by molar-refractivity contribution is 0.0784. The van der Waals surface area contributed by atoms with Crippen LogP contribution in [0.25, 0.3) is 11.5 Å². The predicted octanol–water partition coefficient (Wildman–Crippen LogP) is 3.54. The second kappa shape index (κ2) is 8.20. The molecule has 1 N–H and O–H groups in total. The van der Waals surface area contributed by atoms with Crippen LogP contribution in [0.4, 0.5) is 0 Å². The van der Waals surface area contributed by atoms with Crippen LogP contribution in [0.5, 0.6) is 5.75 Å². The Labute approximate surface area is 162 Å². The molecule has 1 aliphatic heterocycles. The molecule has 0 spiro atoms. The van der Waals surface area contributed by atoms with E-state index in [1.165, 1.54) is 0 Å². The van der Waals surface area contributed by atoms with E-state index in [9.17, 15) is 0 Å². The van der Waals surface area contributed by atoms with Crippen LogP contribution in [0.3, 0.4) is 0 Å². The summed E-state index contributed by atoms with van der Waals surface area (Å²) in [7, 11) is 0. The Balaban J connectivity index is 1.36. The summed E-state index contributed by atoms with van der Waals surface area (Å²) < 4.78 is 11.6. The van der Waals surface area contributed by atoms with Crippen molar-refractivity contribution in [2.45, 2.75) is 13.0 Å². The molecule has 138 valence electrons. The third-order valence-corrected chi connectivity index (χ3v) is 4.53. The monoisotopic (exact) mass is 381 g/mol. The molecule has 7 heteroatoms. The van der Waals surface area contributed by atoms with Crippen molar-refractivity contribution in [3.8, 4) is 17.2 Å². The second-order valence-corrected chi connectivity index (χ2v) is 6.48. The summed E-state index contributed by atoms with van der Waals surface area (Å²) in [6.07, 6.45) is 2.35. The summed E-state index contributed by atoms with van der Waals surface area (Å²) >= 11 is 5.21. The Morgan fingerprint density at radius 1 is 1.11 bits per heavy atom. The first kappa shape index (κ1) is 17.5. The lowest BCUT2D eigenvalue weighted by Gasteiger charge is -2.17. The zero-order chi connectivity index (χ0) is 18.5. The van der Waals surface area contributed by atoms with Gasteiger partial charge in [-0.05, 0) is 30.4 Å². The summed E-state index contributed by atoms with van der Waals surface area (Å²) in [4.78, 5) is 11.6. The Hall–Kier alpha value is -2.90. The molecule has 0 bridgehead atoms. The van der Waals surface area contributed by atoms with Gasteiger partial charge in [-0.3, -0.25) is 4.84 Å². The molecule has 0 atom stereocenters. The van der Waals surface area contributed by atoms with E-state index in [-0.39, 0.29) is 0 Å². The zero-order valence-electron chi connectivity index (χ0n) is 14.6. The van der Waals surface area contributed by atoms with Crippen molar-refractivity contribution < 1.29 is 14.0 Å². The Kier molecular flexibility index (Phi) is 5.32. The molecule has 0 unspecified atom stereocenters. The maximum atomic E-state index is 5.99. The number of aromatic nitrogens is 1. The number of oxazole rings is 1. The van der Waals surface area contributed by atoms with E-state index in [1.807, 2.05) is 59.5 Å². The minimum absolute atomic E-state index is 0.425. The highest BCUT2D eigenvalue weighted by atomic mass is 32.1. The average molecular weight is 381 g/mol. The van der Waals surface area contributed by atoms with Crippen molar-refractivity contribution >= 4 is 17.3 Å². The summed E-state index contributed by atoms with van der Waals surface area (Å²) in [5, 5.41) is 0.584. The fourth-order valence-corrected chi connectivity index (χ4v) is 2.97. The minimum Gasteiger partial charge on any atom is -0.493 e. The summed E-state index contributed by atoms with van der Waals surface area (Å²) in [6, 6.07) is 17.8. The van der Waals surface area contributed by atoms with Crippen LogP contribution in [0.1, 0.15) is 11.3 Å². The fraction of sp³-hybridized carbons (Fsp3) is 0.200. The lowest BCUT2D eigenvalue weighted by atomic mass is 10.2. The third kappa shape index (κ3) is 4.27. The topological polar surface area (TPSA) is 59.8 Å². The molecule has 0 saturated carbocycles. The van der Waals surface area contributed by atoms with E-state index < -0.39 is 0 Å². The van der Waals surface area contributed by atoms with Crippen LogP contribution in [-0.4, -0.2) is 28.3 Å². The minimum atomic E-state index is 0.425. The maximum absolute atomic E-state index is 5.99. The molecule has 2 aromatic carbocycles. The maximum Gasteiger partial charge on any atom is 0.226 e. The quantitative estimate of drug-likeness (QED) is 0.628. The summed E-state index contributed by atoms with van der Waals surface area (Å²) in [5.74, 6) is 1.46. The van der Waals surface area contributed by atoms with Crippen LogP contribution in [0.15, 0.2) is 65.3 Å². The third-order valence-electron chi connectivity index (χ3n) is 4.19. The number of para-hydroxylation sites is 1. The molecule has 1 fully saturated rings. The van der Waals surface area contributed by atoms with Gasteiger partial charge in [0, 0.05) is 17.5 Å². The highest BCUT2D eigenvalue weighted by Gasteiger charge is 2.18. The number of rotatable bonds is 7. The van der Waals surface area contributed by atoms with Crippen LogP contribution in [0.2, 0.25) is 0 Å². The first-order valence-electron chi connectivity index (χ1n) is 8.67. The van der Waals surface area contributed by atoms with Gasteiger partial charge in [-0.2, -0.15) is 0 Å². The highest BCUT2D eigenvalue weighted by molar-refractivity contribution is 7.80. The van der Waals surface area contributed by atoms with Gasteiger partial charge < -0.3 is 14.1 Å². The normalized spacial score (nSPS) is 13.6. The smallest absolute Gasteiger partial charge is 0.226 e. The van der Waals surface area contributed by atoms with Crippen molar-refractivity contribution in [2.24, 2.45) is 0 Å². The molecule has 27 heavy (non-hydrogen) atoms. The van der Waals surface area contributed by atoms with E-state index >= 15 is 0 Å². The lowest BCUT2D eigenvalue weighted by Crippen LogP contribution is -2.27. The molecule has 3 aromatic rings. The zero-order valence-corrected chi connectivity index (χ0v) is 15.4. The first-order chi connectivity index (χ1) is 13.3. The predicted molar refractivity (Wildman–Crippen MR) is 105 cm³/mol. The molecular weight excluding hydrogens is 362 g/mol. The van der Waals surface area contributed by atoms with Gasteiger partial charge in [0.25, 0.3) is 0 Å². The van der Waals surface area contributed by atoms with Gasteiger partial charge in [0.15, 0.2) is 5.11 Å². The van der Waals surface area contributed by atoms with Gasteiger partial charge in [-0.15, -0.1) is 0 Å². The average Bonchev–Trinajstić information content (AvgIpc) is 3.33. The molecule has 1 saturated heterocycles. The number of nitrogens with one attached hydrogen (secondary N) is 1. The molecule has 1 aliphatic rings. The van der Waals surface area contributed by atoms with Crippen LogP contribution in [0, 0.1) is 0 Å². The second-order valence-electron chi connectivity index (χ2n) is 6.09. The SMILES string of the molecule is S=C1NOCN1Cc1ccccc1OCCc1coc(-c2ccccc2)n1. The van der Waals surface area contributed by atoms with Crippen molar-refractivity contribution in [1.29, 1.82) is 0 Å². The Morgan fingerprint density at radius 2 is 1.93 bits per heavy atom. The standard InChI is InChI=1S/C20H19N3O3S/c27-20-22-26-14-23(20)12-16-8-4-5-9-18(16)24-11-10-17-13-25-19(21-17)15-6-2-1-3-7-15/h1-9,13H,10-12,14H2,(H,22,27). The van der Waals surface area contributed by atoms with Crippen LogP contribution < -0.4 is 10.2 Å². The number of benzene rings is 2. The number of hydroxylamine groups is 1. The number of thiocarbonyl (C=S) groups is 1. The molecule has 0 amide bonds. The molecule has 6 nitrogen and oxygen atoms in total. The van der Waals surface area contributed by atoms with Gasteiger partial charge in [-0.1, -0.05) is 36.4 Å². The van der Waals surface area contributed by atoms with E-state index in [1.54, 1.807) is 6.26 Å². The number of nitrogens with zero attached hydrogens (tertiary/aromatic N) is 2. The summed E-state index contributed by atoms with van der Waals surface area (Å²) in [6.45, 7) is 1.56. The van der Waals surface area contributed by atoms with E-state index in [2.05, 4.69) is 10.5 Å². The molecule has 2 heterocycles. The number of hydrogen-bond acceptors (Lipinski definition) is 5. The van der Waals surface area contributed by atoms with Gasteiger partial charge in [0.1, 0.15) is 18.7 Å². The van der Waals surface area contributed by atoms with Crippen molar-refractivity contribution in [1.82, 2.24) is 15.4 Å². The number of hydrogen-bond donors (Lipinski definition) is 1. The highest BCUT2D eigenvalue weighted by Crippen LogP contribution is 2.22. The number of ether oxygens (including phenoxy) is 1. The molecule has 4 rings (SSSR count). The summed E-state index contributed by atoms with van der Waals surface area (Å²) in [5.41, 5.74) is 5.57.